The smallest absolute Gasteiger partial charge is 0.242 e. The number of amides is 2. The number of carbonyl (C=O) groups excluding carboxylic acids is 2. The molecule has 0 unspecified atom stereocenters. The number of nitrogens with zero attached hydrogens (tertiary/aromatic N) is 1. The molecule has 2 rings (SSSR count). The molecule has 1 N–H and O–H groups in total. The minimum absolute atomic E-state index is 0.143. The maximum Gasteiger partial charge on any atom is 0.242 e. The Balaban J connectivity index is 2.26. The number of rotatable bonds is 7. The first-order chi connectivity index (χ1) is 12.8. The van der Waals surface area contributed by atoms with Crippen LogP contribution in [0.1, 0.15) is 30.5 Å². The van der Waals surface area contributed by atoms with Crippen molar-refractivity contribution in [2.75, 3.05) is 6.54 Å². The fraction of sp³-hybridized carbons (Fsp3) is 0.333. The van der Waals surface area contributed by atoms with Gasteiger partial charge in [0.25, 0.3) is 0 Å². The molecule has 0 spiro atoms. The van der Waals surface area contributed by atoms with Crippen molar-refractivity contribution in [2.45, 2.75) is 39.8 Å². The molecule has 4 nitrogen and oxygen atoms in total. The summed E-state index contributed by atoms with van der Waals surface area (Å²) in [6.07, 6.45) is 0.145. The van der Waals surface area contributed by atoms with Gasteiger partial charge in [-0.15, -0.1) is 0 Å². The van der Waals surface area contributed by atoms with Crippen molar-refractivity contribution in [3.05, 3.63) is 69.2 Å². The van der Waals surface area contributed by atoms with Crippen LogP contribution in [0, 0.1) is 6.92 Å². The Bertz CT molecular complexity index is 824. The highest BCUT2D eigenvalue weighted by Gasteiger charge is 2.26. The molecule has 0 radical (unpaired) electrons. The lowest BCUT2D eigenvalue weighted by Crippen LogP contribution is -2.48. The molecule has 0 aromatic heterocycles. The second-order valence-corrected chi connectivity index (χ2v) is 7.26. The molecule has 6 heteroatoms. The highest BCUT2D eigenvalue weighted by atomic mass is 35.5. The second kappa shape index (κ2) is 9.77. The van der Waals surface area contributed by atoms with Gasteiger partial charge in [0.2, 0.25) is 11.8 Å². The molecule has 1 atom stereocenters. The zero-order chi connectivity index (χ0) is 20.0. The monoisotopic (exact) mass is 406 g/mol. The van der Waals surface area contributed by atoms with Gasteiger partial charge < -0.3 is 10.2 Å². The molecule has 0 aliphatic rings. The molecule has 2 aromatic carbocycles. The summed E-state index contributed by atoms with van der Waals surface area (Å²) in [6.45, 7) is 6.48. The first kappa shape index (κ1) is 21.3. The van der Waals surface area contributed by atoms with Crippen molar-refractivity contribution in [1.82, 2.24) is 10.2 Å². The van der Waals surface area contributed by atoms with Gasteiger partial charge in [0.1, 0.15) is 6.04 Å². The Morgan fingerprint density at radius 2 is 1.81 bits per heavy atom. The highest BCUT2D eigenvalue weighted by Crippen LogP contribution is 2.23. The first-order valence-electron chi connectivity index (χ1n) is 8.89. The van der Waals surface area contributed by atoms with E-state index < -0.39 is 6.04 Å². The topological polar surface area (TPSA) is 49.4 Å². The summed E-state index contributed by atoms with van der Waals surface area (Å²) < 4.78 is 0. The summed E-state index contributed by atoms with van der Waals surface area (Å²) in [5, 5.41) is 3.64. The van der Waals surface area contributed by atoms with Crippen LogP contribution in [0.15, 0.2) is 42.5 Å². The second-order valence-electron chi connectivity index (χ2n) is 6.44. The van der Waals surface area contributed by atoms with E-state index in [-0.39, 0.29) is 18.2 Å². The van der Waals surface area contributed by atoms with E-state index in [1.54, 1.807) is 30.0 Å². The highest BCUT2D eigenvalue weighted by molar-refractivity contribution is 6.42. The third-order valence-electron chi connectivity index (χ3n) is 4.46. The molecule has 2 amide bonds. The third kappa shape index (κ3) is 5.72. The van der Waals surface area contributed by atoms with Crippen molar-refractivity contribution in [1.29, 1.82) is 0 Å². The van der Waals surface area contributed by atoms with E-state index in [0.29, 0.717) is 23.1 Å². The van der Waals surface area contributed by atoms with Crippen LogP contribution >= 0.6 is 23.2 Å². The molecule has 0 saturated carbocycles. The average molecular weight is 407 g/mol. The number of nitrogens with one attached hydrogen (secondary N) is 1. The van der Waals surface area contributed by atoms with Gasteiger partial charge in [-0.3, -0.25) is 9.59 Å². The van der Waals surface area contributed by atoms with E-state index in [0.717, 1.165) is 16.7 Å². The van der Waals surface area contributed by atoms with Crippen LogP contribution < -0.4 is 5.32 Å². The number of benzene rings is 2. The van der Waals surface area contributed by atoms with Gasteiger partial charge >= 0.3 is 0 Å². The summed E-state index contributed by atoms with van der Waals surface area (Å²) in [5.74, 6) is -0.316. The molecule has 0 fully saturated rings. The van der Waals surface area contributed by atoms with E-state index in [2.05, 4.69) is 5.32 Å². The van der Waals surface area contributed by atoms with E-state index in [1.165, 1.54) is 0 Å². The summed E-state index contributed by atoms with van der Waals surface area (Å²) in [5.41, 5.74) is 2.84. The lowest BCUT2D eigenvalue weighted by atomic mass is 10.1. The van der Waals surface area contributed by atoms with Crippen molar-refractivity contribution in [2.24, 2.45) is 0 Å². The van der Waals surface area contributed by atoms with Crippen molar-refractivity contribution in [3.63, 3.8) is 0 Å². The lowest BCUT2D eigenvalue weighted by Gasteiger charge is -2.29. The number of hydrogen-bond donors (Lipinski definition) is 1. The third-order valence-corrected chi connectivity index (χ3v) is 5.20. The molecule has 27 heavy (non-hydrogen) atoms. The molecule has 144 valence electrons. The zero-order valence-corrected chi connectivity index (χ0v) is 17.3. The number of aryl methyl sites for hydroxylation is 1. The SMILES string of the molecule is CCNC(=O)[C@@H](C)N(Cc1ccccc1C)C(=O)Cc1ccc(Cl)c(Cl)c1. The molecular formula is C21H24Cl2N2O2. The van der Waals surface area contributed by atoms with Gasteiger partial charge in [0.15, 0.2) is 0 Å². The summed E-state index contributed by atoms with van der Waals surface area (Å²) in [6, 6.07) is 12.4. The normalized spacial score (nSPS) is 11.7. The van der Waals surface area contributed by atoms with Gasteiger partial charge in [-0.25, -0.2) is 0 Å². The fourth-order valence-electron chi connectivity index (χ4n) is 2.80. The minimum Gasteiger partial charge on any atom is -0.355 e. The predicted octanol–water partition coefficient (Wildman–Crippen LogP) is 4.40. The molecule has 0 saturated heterocycles. The molecule has 0 aliphatic heterocycles. The molecular weight excluding hydrogens is 383 g/mol. The summed E-state index contributed by atoms with van der Waals surface area (Å²) in [7, 11) is 0. The van der Waals surface area contributed by atoms with Crippen molar-refractivity contribution >= 4 is 35.0 Å². The maximum atomic E-state index is 13.0. The predicted molar refractivity (Wildman–Crippen MR) is 110 cm³/mol. The molecule has 2 aromatic rings. The number of carbonyl (C=O) groups is 2. The molecule has 0 aliphatic carbocycles. The summed E-state index contributed by atoms with van der Waals surface area (Å²) in [4.78, 5) is 27.0. The Kier molecular flexibility index (Phi) is 7.69. The van der Waals surface area contributed by atoms with E-state index in [1.807, 2.05) is 38.1 Å². The number of hydrogen-bond acceptors (Lipinski definition) is 2. The van der Waals surface area contributed by atoms with Gasteiger partial charge in [-0.2, -0.15) is 0 Å². The van der Waals surface area contributed by atoms with Gasteiger partial charge in [0, 0.05) is 13.1 Å². The minimum atomic E-state index is -0.583. The van der Waals surface area contributed by atoms with E-state index >= 15 is 0 Å². The van der Waals surface area contributed by atoms with Crippen molar-refractivity contribution < 1.29 is 9.59 Å². The van der Waals surface area contributed by atoms with Gasteiger partial charge in [-0.05, 0) is 49.6 Å². The van der Waals surface area contributed by atoms with Crippen LogP contribution in [-0.4, -0.2) is 29.3 Å². The Hall–Kier alpha value is -2.04. The molecule has 0 bridgehead atoms. The van der Waals surface area contributed by atoms with Gasteiger partial charge in [0.05, 0.1) is 16.5 Å². The van der Waals surface area contributed by atoms with Gasteiger partial charge in [-0.1, -0.05) is 53.5 Å². The summed E-state index contributed by atoms with van der Waals surface area (Å²) >= 11 is 12.0. The zero-order valence-electron chi connectivity index (χ0n) is 15.8. The van der Waals surface area contributed by atoms with E-state index in [9.17, 15) is 9.59 Å². The number of likely N-dealkylation sites (N-methyl/N-ethyl adjacent to an activating group) is 1. The standard InChI is InChI=1S/C21H24Cl2N2O2/c1-4-24-21(27)15(3)25(13-17-8-6-5-7-14(17)2)20(26)12-16-9-10-18(22)19(23)11-16/h5-11,15H,4,12-13H2,1-3H3,(H,24,27)/t15-/m1/s1. The maximum absolute atomic E-state index is 13.0. The van der Waals surface area contributed by atoms with Crippen molar-refractivity contribution in [3.8, 4) is 0 Å². The van der Waals surface area contributed by atoms with Crippen LogP contribution in [0.2, 0.25) is 10.0 Å². The largest absolute Gasteiger partial charge is 0.355 e. The van der Waals surface area contributed by atoms with Crippen LogP contribution in [0.5, 0.6) is 0 Å². The lowest BCUT2D eigenvalue weighted by molar-refractivity contribution is -0.140. The molecule has 0 heterocycles. The fourth-order valence-corrected chi connectivity index (χ4v) is 3.12. The van der Waals surface area contributed by atoms with Crippen LogP contribution in [0.25, 0.3) is 0 Å². The van der Waals surface area contributed by atoms with Crippen LogP contribution in [0.4, 0.5) is 0 Å². The Morgan fingerprint density at radius 1 is 1.11 bits per heavy atom. The van der Waals surface area contributed by atoms with E-state index in [4.69, 9.17) is 23.2 Å². The van der Waals surface area contributed by atoms with Crippen LogP contribution in [0.3, 0.4) is 0 Å². The quantitative estimate of drug-likeness (QED) is 0.740. The number of halogens is 2. The first-order valence-corrected chi connectivity index (χ1v) is 9.64. The Labute approximate surface area is 170 Å². The average Bonchev–Trinajstić information content (AvgIpc) is 2.63. The van der Waals surface area contributed by atoms with Crippen LogP contribution in [-0.2, 0) is 22.6 Å². The Morgan fingerprint density at radius 3 is 2.44 bits per heavy atom.